The van der Waals surface area contributed by atoms with Crippen molar-refractivity contribution in [2.45, 2.75) is 64.3 Å². The van der Waals surface area contributed by atoms with Gasteiger partial charge in [-0.1, -0.05) is 13.2 Å². The van der Waals surface area contributed by atoms with Crippen molar-refractivity contribution < 1.29 is 29.3 Å². The Balaban J connectivity index is 2.95. The second-order valence-electron chi connectivity index (χ2n) is 7.14. The van der Waals surface area contributed by atoms with Crippen LogP contribution in [0, 0.1) is 5.92 Å². The Labute approximate surface area is 143 Å². The predicted octanol–water partition coefficient (Wildman–Crippen LogP) is 1.90. The summed E-state index contributed by atoms with van der Waals surface area (Å²) in [4.78, 5) is 23.7. The fraction of sp³-hybridized carbons (Fsp3) is 0.667. The summed E-state index contributed by atoms with van der Waals surface area (Å²) in [6.07, 6.45) is 0.377. The van der Waals surface area contributed by atoms with Crippen LogP contribution in [0.5, 0.6) is 0 Å². The molecule has 0 aliphatic heterocycles. The summed E-state index contributed by atoms with van der Waals surface area (Å²) in [5, 5.41) is 20.3. The molecule has 6 nitrogen and oxygen atoms in total. The summed E-state index contributed by atoms with van der Waals surface area (Å²) in [6.45, 7) is 13.0. The van der Waals surface area contributed by atoms with E-state index in [0.29, 0.717) is 12.8 Å². The SMILES string of the molecule is C=C(C)C(=O)OC1CC(C(C)(CO)OC(=O)C(=C)C)CCC1(C)O. The van der Waals surface area contributed by atoms with Gasteiger partial charge >= 0.3 is 11.9 Å². The van der Waals surface area contributed by atoms with Gasteiger partial charge in [-0.3, -0.25) is 0 Å². The standard InChI is InChI=1S/C18H28O6/c1-11(2)15(20)23-14-9-13(7-8-17(14,5)22)18(6,10-19)24-16(21)12(3)4/h13-14,19,22H,1,3,7-10H2,2,4-6H3. The molecule has 0 aromatic carbocycles. The van der Waals surface area contributed by atoms with Crippen molar-refractivity contribution >= 4 is 11.9 Å². The smallest absolute Gasteiger partial charge is 0.333 e. The summed E-state index contributed by atoms with van der Waals surface area (Å²) in [5.74, 6) is -1.43. The summed E-state index contributed by atoms with van der Waals surface area (Å²) in [6, 6.07) is 0. The number of aliphatic hydroxyl groups excluding tert-OH is 1. The topological polar surface area (TPSA) is 93.1 Å². The molecule has 1 fully saturated rings. The average Bonchev–Trinajstić information content (AvgIpc) is 2.48. The molecule has 1 aliphatic rings. The first-order chi connectivity index (χ1) is 10.9. The van der Waals surface area contributed by atoms with Gasteiger partial charge in [-0.15, -0.1) is 0 Å². The molecule has 0 bridgehead atoms. The van der Waals surface area contributed by atoms with E-state index in [0.717, 1.165) is 0 Å². The van der Waals surface area contributed by atoms with Gasteiger partial charge in [-0.05, 0) is 47.0 Å². The highest BCUT2D eigenvalue weighted by molar-refractivity contribution is 5.87. The lowest BCUT2D eigenvalue weighted by Crippen LogP contribution is -2.53. The van der Waals surface area contributed by atoms with Crippen LogP contribution in [-0.2, 0) is 19.1 Å². The lowest BCUT2D eigenvalue weighted by Gasteiger charge is -2.45. The highest BCUT2D eigenvalue weighted by Gasteiger charge is 2.48. The molecule has 0 radical (unpaired) electrons. The molecule has 0 heterocycles. The number of carbonyl (C=O) groups excluding carboxylic acids is 2. The number of esters is 2. The van der Waals surface area contributed by atoms with E-state index in [4.69, 9.17) is 9.47 Å². The molecule has 0 aromatic heterocycles. The average molecular weight is 340 g/mol. The number of hydrogen-bond donors (Lipinski definition) is 2. The molecule has 1 rings (SSSR count). The van der Waals surface area contributed by atoms with Crippen molar-refractivity contribution in [1.29, 1.82) is 0 Å². The Kier molecular flexibility index (Phi) is 6.36. The monoisotopic (exact) mass is 340 g/mol. The van der Waals surface area contributed by atoms with Crippen molar-refractivity contribution in [2.75, 3.05) is 6.61 Å². The zero-order valence-electron chi connectivity index (χ0n) is 14.9. The quantitative estimate of drug-likeness (QED) is 0.567. The zero-order valence-corrected chi connectivity index (χ0v) is 14.9. The molecule has 24 heavy (non-hydrogen) atoms. The molecular weight excluding hydrogens is 312 g/mol. The van der Waals surface area contributed by atoms with Crippen LogP contribution in [0.4, 0.5) is 0 Å². The fourth-order valence-corrected chi connectivity index (χ4v) is 2.76. The Morgan fingerprint density at radius 1 is 1.25 bits per heavy atom. The van der Waals surface area contributed by atoms with Crippen molar-refractivity contribution in [2.24, 2.45) is 5.92 Å². The van der Waals surface area contributed by atoms with Crippen molar-refractivity contribution in [3.63, 3.8) is 0 Å². The first-order valence-corrected chi connectivity index (χ1v) is 8.01. The first-order valence-electron chi connectivity index (χ1n) is 8.01. The minimum atomic E-state index is -1.18. The van der Waals surface area contributed by atoms with Gasteiger partial charge < -0.3 is 19.7 Å². The molecule has 1 aliphatic carbocycles. The second kappa shape index (κ2) is 7.49. The van der Waals surface area contributed by atoms with E-state index in [1.165, 1.54) is 13.8 Å². The molecule has 0 aromatic rings. The van der Waals surface area contributed by atoms with Gasteiger partial charge in [0.2, 0.25) is 0 Å². The molecule has 136 valence electrons. The van der Waals surface area contributed by atoms with Gasteiger partial charge in [0.25, 0.3) is 0 Å². The molecule has 4 atom stereocenters. The Morgan fingerprint density at radius 3 is 2.25 bits per heavy atom. The number of carbonyl (C=O) groups is 2. The van der Waals surface area contributed by atoms with E-state index in [1.807, 2.05) is 0 Å². The highest BCUT2D eigenvalue weighted by Crippen LogP contribution is 2.41. The molecule has 0 saturated heterocycles. The Morgan fingerprint density at radius 2 is 1.79 bits per heavy atom. The maximum absolute atomic E-state index is 11.9. The van der Waals surface area contributed by atoms with E-state index in [-0.39, 0.29) is 30.1 Å². The van der Waals surface area contributed by atoms with Gasteiger partial charge in [0.05, 0.1) is 12.2 Å². The van der Waals surface area contributed by atoms with Gasteiger partial charge in [0.15, 0.2) is 0 Å². The molecule has 6 heteroatoms. The maximum Gasteiger partial charge on any atom is 0.333 e. The molecule has 1 saturated carbocycles. The van der Waals surface area contributed by atoms with Crippen LogP contribution in [0.25, 0.3) is 0 Å². The normalized spacial score (nSPS) is 29.2. The second-order valence-corrected chi connectivity index (χ2v) is 7.14. The molecule has 4 unspecified atom stereocenters. The first kappa shape index (κ1) is 20.4. The lowest BCUT2D eigenvalue weighted by molar-refractivity contribution is -0.188. The van der Waals surface area contributed by atoms with E-state index < -0.39 is 29.2 Å². The number of ether oxygens (including phenoxy) is 2. The van der Waals surface area contributed by atoms with Crippen LogP contribution in [0.15, 0.2) is 24.3 Å². The zero-order chi connectivity index (χ0) is 18.7. The van der Waals surface area contributed by atoms with Crippen LogP contribution in [0.2, 0.25) is 0 Å². The van der Waals surface area contributed by atoms with Crippen LogP contribution in [-0.4, -0.2) is 46.1 Å². The molecule has 2 N–H and O–H groups in total. The third-order valence-corrected chi connectivity index (χ3v) is 4.64. The minimum absolute atomic E-state index is 0.239. The van der Waals surface area contributed by atoms with E-state index in [2.05, 4.69) is 13.2 Å². The summed E-state index contributed by atoms with van der Waals surface area (Å²) >= 11 is 0. The van der Waals surface area contributed by atoms with Crippen molar-refractivity contribution in [3.05, 3.63) is 24.3 Å². The van der Waals surface area contributed by atoms with E-state index in [9.17, 15) is 19.8 Å². The minimum Gasteiger partial charge on any atom is -0.456 e. The third kappa shape index (κ3) is 4.68. The van der Waals surface area contributed by atoms with Crippen molar-refractivity contribution in [3.8, 4) is 0 Å². The summed E-state index contributed by atoms with van der Waals surface area (Å²) < 4.78 is 10.8. The van der Waals surface area contributed by atoms with Gasteiger partial charge in [0.1, 0.15) is 11.7 Å². The fourth-order valence-electron chi connectivity index (χ4n) is 2.76. The van der Waals surface area contributed by atoms with Crippen LogP contribution < -0.4 is 0 Å². The van der Waals surface area contributed by atoms with Gasteiger partial charge in [0, 0.05) is 17.1 Å². The Hall–Kier alpha value is -1.66. The van der Waals surface area contributed by atoms with E-state index in [1.54, 1.807) is 13.8 Å². The largest absolute Gasteiger partial charge is 0.456 e. The lowest BCUT2D eigenvalue weighted by atomic mass is 9.71. The summed E-state index contributed by atoms with van der Waals surface area (Å²) in [7, 11) is 0. The third-order valence-electron chi connectivity index (χ3n) is 4.64. The predicted molar refractivity (Wildman–Crippen MR) is 89.1 cm³/mol. The summed E-state index contributed by atoms with van der Waals surface area (Å²) in [5.41, 5.74) is -1.84. The molecular formula is C18H28O6. The van der Waals surface area contributed by atoms with Crippen molar-refractivity contribution in [1.82, 2.24) is 0 Å². The van der Waals surface area contributed by atoms with E-state index >= 15 is 0 Å². The number of hydrogen-bond acceptors (Lipinski definition) is 6. The molecule has 0 spiro atoms. The van der Waals surface area contributed by atoms with Gasteiger partial charge in [-0.2, -0.15) is 0 Å². The maximum atomic E-state index is 11.9. The number of rotatable bonds is 6. The van der Waals surface area contributed by atoms with Crippen LogP contribution in [0.3, 0.4) is 0 Å². The Bertz CT molecular complexity index is 536. The van der Waals surface area contributed by atoms with Crippen LogP contribution >= 0.6 is 0 Å². The van der Waals surface area contributed by atoms with Crippen LogP contribution in [0.1, 0.15) is 47.0 Å². The number of aliphatic hydroxyl groups is 2. The molecule has 0 amide bonds. The van der Waals surface area contributed by atoms with Gasteiger partial charge in [-0.25, -0.2) is 9.59 Å². The highest BCUT2D eigenvalue weighted by atomic mass is 16.6.